The van der Waals surface area contributed by atoms with Crippen molar-refractivity contribution in [3.05, 3.63) is 35.4 Å². The molecule has 20 heavy (non-hydrogen) atoms. The average molecular weight is 271 g/mol. The largest absolute Gasteiger partial charge is 0.303 e. The number of carbonyl (C=O) groups is 1. The van der Waals surface area contributed by atoms with Crippen LogP contribution in [0.15, 0.2) is 24.3 Å². The van der Waals surface area contributed by atoms with Gasteiger partial charge >= 0.3 is 0 Å². The predicted octanol–water partition coefficient (Wildman–Crippen LogP) is 3.55. The van der Waals surface area contributed by atoms with Crippen molar-refractivity contribution >= 4 is 5.78 Å². The second-order valence-corrected chi connectivity index (χ2v) is 6.50. The van der Waals surface area contributed by atoms with Crippen LogP contribution < -0.4 is 0 Å². The van der Waals surface area contributed by atoms with E-state index in [1.165, 1.54) is 19.3 Å². The van der Waals surface area contributed by atoms with Crippen LogP contribution in [0.4, 0.5) is 0 Å². The van der Waals surface area contributed by atoms with Crippen molar-refractivity contribution in [1.82, 2.24) is 4.90 Å². The van der Waals surface area contributed by atoms with E-state index >= 15 is 0 Å². The van der Waals surface area contributed by atoms with Crippen molar-refractivity contribution in [1.29, 1.82) is 0 Å². The van der Waals surface area contributed by atoms with Gasteiger partial charge in [0.15, 0.2) is 0 Å². The van der Waals surface area contributed by atoms with Crippen LogP contribution in [-0.2, 0) is 11.2 Å². The first-order valence-electron chi connectivity index (χ1n) is 8.04. The lowest BCUT2D eigenvalue weighted by Gasteiger charge is -2.35. The zero-order valence-corrected chi connectivity index (χ0v) is 12.5. The molecule has 0 radical (unpaired) electrons. The second kappa shape index (κ2) is 6.09. The first kappa shape index (κ1) is 13.8. The third kappa shape index (κ3) is 2.95. The number of fused-ring (bicyclic) bond motifs is 1. The Labute approximate surface area is 122 Å². The lowest BCUT2D eigenvalue weighted by molar-refractivity contribution is -0.121. The van der Waals surface area contributed by atoms with Crippen LogP contribution in [-0.4, -0.2) is 30.3 Å². The normalized spacial score (nSPS) is 23.9. The summed E-state index contributed by atoms with van der Waals surface area (Å²) in [5.41, 5.74) is 3.12. The van der Waals surface area contributed by atoms with Crippen LogP contribution in [0.25, 0.3) is 0 Å². The molecule has 2 nitrogen and oxygen atoms in total. The predicted molar refractivity (Wildman–Crippen MR) is 82.0 cm³/mol. The number of hydrogen-bond acceptors (Lipinski definition) is 2. The van der Waals surface area contributed by atoms with E-state index < -0.39 is 0 Å². The Bertz CT molecular complexity index is 472. The molecule has 2 aliphatic rings. The van der Waals surface area contributed by atoms with Crippen LogP contribution in [0.3, 0.4) is 0 Å². The molecule has 1 atom stereocenters. The zero-order valence-electron chi connectivity index (χ0n) is 12.5. The summed E-state index contributed by atoms with van der Waals surface area (Å²) < 4.78 is 0. The highest BCUT2D eigenvalue weighted by molar-refractivity contribution is 5.79. The minimum absolute atomic E-state index is 0.456. The molecule has 2 aliphatic carbocycles. The van der Waals surface area contributed by atoms with Crippen molar-refractivity contribution in [2.24, 2.45) is 0 Å². The second-order valence-electron chi connectivity index (χ2n) is 6.50. The molecule has 108 valence electrons. The van der Waals surface area contributed by atoms with Gasteiger partial charge in [0, 0.05) is 25.4 Å². The van der Waals surface area contributed by atoms with E-state index in [4.69, 9.17) is 0 Å². The minimum Gasteiger partial charge on any atom is -0.303 e. The van der Waals surface area contributed by atoms with Crippen molar-refractivity contribution in [2.75, 3.05) is 13.6 Å². The molecule has 2 heteroatoms. The summed E-state index contributed by atoms with van der Waals surface area (Å²) in [6.45, 7) is 1.15. The third-order valence-electron chi connectivity index (χ3n) is 5.14. The van der Waals surface area contributed by atoms with Crippen LogP contribution >= 0.6 is 0 Å². The molecule has 1 saturated carbocycles. The summed E-state index contributed by atoms with van der Waals surface area (Å²) >= 11 is 0. The highest BCUT2D eigenvalue weighted by Gasteiger charge is 2.26. The summed E-state index contributed by atoms with van der Waals surface area (Å²) in [7, 11) is 2.25. The number of aryl methyl sites for hydroxylation is 1. The SMILES string of the molecule is CN(CC1CCCc2ccccc21)C1CCC(=O)CC1. The zero-order chi connectivity index (χ0) is 13.9. The van der Waals surface area contributed by atoms with E-state index in [1.807, 2.05) is 0 Å². The van der Waals surface area contributed by atoms with E-state index in [0.717, 1.165) is 32.2 Å². The maximum atomic E-state index is 11.4. The Kier molecular flexibility index (Phi) is 4.21. The molecule has 0 amide bonds. The number of ketones is 1. The van der Waals surface area contributed by atoms with Gasteiger partial charge in [-0.25, -0.2) is 0 Å². The van der Waals surface area contributed by atoms with Crippen molar-refractivity contribution in [2.45, 2.75) is 56.9 Å². The molecule has 0 bridgehead atoms. The van der Waals surface area contributed by atoms with E-state index in [-0.39, 0.29) is 0 Å². The molecule has 0 aromatic heterocycles. The molecule has 0 N–H and O–H groups in total. The van der Waals surface area contributed by atoms with E-state index in [0.29, 0.717) is 17.7 Å². The molecule has 0 saturated heterocycles. The summed E-state index contributed by atoms with van der Waals surface area (Å²) in [6, 6.07) is 9.56. The van der Waals surface area contributed by atoms with E-state index in [1.54, 1.807) is 11.1 Å². The summed E-state index contributed by atoms with van der Waals surface area (Å²) in [4.78, 5) is 13.9. The number of hydrogen-bond donors (Lipinski definition) is 0. The summed E-state index contributed by atoms with van der Waals surface area (Å²) in [6.07, 6.45) is 7.57. The van der Waals surface area contributed by atoms with Gasteiger partial charge in [0.25, 0.3) is 0 Å². The van der Waals surface area contributed by atoms with Crippen LogP contribution in [0.2, 0.25) is 0 Å². The van der Waals surface area contributed by atoms with Crippen molar-refractivity contribution in [3.63, 3.8) is 0 Å². The topological polar surface area (TPSA) is 20.3 Å². The van der Waals surface area contributed by atoms with Crippen molar-refractivity contribution < 1.29 is 4.79 Å². The third-order valence-corrected chi connectivity index (χ3v) is 5.14. The fourth-order valence-corrected chi connectivity index (χ4v) is 3.91. The molecule has 0 heterocycles. The maximum Gasteiger partial charge on any atom is 0.133 e. The molecule has 1 aromatic rings. The van der Waals surface area contributed by atoms with Gasteiger partial charge in [-0.15, -0.1) is 0 Å². The number of nitrogens with zero attached hydrogens (tertiary/aromatic N) is 1. The molecule has 0 spiro atoms. The number of carbonyl (C=O) groups excluding carboxylic acids is 1. The van der Waals surface area contributed by atoms with Gasteiger partial charge in [-0.3, -0.25) is 4.79 Å². The van der Waals surface area contributed by atoms with Gasteiger partial charge in [0.2, 0.25) is 0 Å². The molecule has 3 rings (SSSR count). The van der Waals surface area contributed by atoms with Gasteiger partial charge in [-0.05, 0) is 56.2 Å². The molecular weight excluding hydrogens is 246 g/mol. The lowest BCUT2D eigenvalue weighted by atomic mass is 9.82. The number of likely N-dealkylation sites (N-methyl/N-ethyl adjacent to an activating group) is 1. The quantitative estimate of drug-likeness (QED) is 0.838. The molecular formula is C18H25NO. The lowest BCUT2D eigenvalue weighted by Crippen LogP contribution is -2.38. The first-order chi connectivity index (χ1) is 9.74. The first-order valence-corrected chi connectivity index (χ1v) is 8.04. The number of benzene rings is 1. The Balaban J connectivity index is 1.65. The number of rotatable bonds is 3. The van der Waals surface area contributed by atoms with Crippen molar-refractivity contribution in [3.8, 4) is 0 Å². The van der Waals surface area contributed by atoms with Gasteiger partial charge in [0.1, 0.15) is 5.78 Å². The Morgan fingerprint density at radius 1 is 1.10 bits per heavy atom. The fraction of sp³-hybridized carbons (Fsp3) is 0.611. The highest BCUT2D eigenvalue weighted by atomic mass is 16.1. The number of Topliss-reactive ketones (excluding diaryl/α,β-unsaturated/α-hetero) is 1. The maximum absolute atomic E-state index is 11.4. The molecule has 1 aromatic carbocycles. The minimum atomic E-state index is 0.456. The summed E-state index contributed by atoms with van der Waals surface area (Å²) in [5, 5.41) is 0. The van der Waals surface area contributed by atoms with Gasteiger partial charge in [0.05, 0.1) is 0 Å². The van der Waals surface area contributed by atoms with Crippen LogP contribution in [0.5, 0.6) is 0 Å². The average Bonchev–Trinajstić information content (AvgIpc) is 2.48. The highest BCUT2D eigenvalue weighted by Crippen LogP contribution is 2.33. The molecule has 1 fully saturated rings. The van der Waals surface area contributed by atoms with Gasteiger partial charge < -0.3 is 4.90 Å². The van der Waals surface area contributed by atoms with E-state index in [9.17, 15) is 4.79 Å². The Hall–Kier alpha value is -1.15. The molecule has 1 unspecified atom stereocenters. The Morgan fingerprint density at radius 2 is 1.85 bits per heavy atom. The molecule has 0 aliphatic heterocycles. The Morgan fingerprint density at radius 3 is 2.65 bits per heavy atom. The van der Waals surface area contributed by atoms with Crippen LogP contribution in [0.1, 0.15) is 55.6 Å². The summed E-state index contributed by atoms with van der Waals surface area (Å²) in [5.74, 6) is 1.14. The fourth-order valence-electron chi connectivity index (χ4n) is 3.91. The smallest absolute Gasteiger partial charge is 0.133 e. The van der Waals surface area contributed by atoms with E-state index in [2.05, 4.69) is 36.2 Å². The standard InChI is InChI=1S/C18H25NO/c1-19(16-9-11-17(20)12-10-16)13-15-7-4-6-14-5-2-3-8-18(14)15/h2-3,5,8,15-16H,4,6-7,9-13H2,1H3. The van der Waals surface area contributed by atoms with Gasteiger partial charge in [-0.2, -0.15) is 0 Å². The van der Waals surface area contributed by atoms with Crippen LogP contribution in [0, 0.1) is 0 Å². The monoisotopic (exact) mass is 271 g/mol. The van der Waals surface area contributed by atoms with Gasteiger partial charge in [-0.1, -0.05) is 24.3 Å².